The van der Waals surface area contributed by atoms with Gasteiger partial charge in [-0.2, -0.15) is 0 Å². The van der Waals surface area contributed by atoms with Gasteiger partial charge in [-0.05, 0) is 48.7 Å². The summed E-state index contributed by atoms with van der Waals surface area (Å²) in [5, 5.41) is 4.19. The van der Waals surface area contributed by atoms with Crippen molar-refractivity contribution in [3.63, 3.8) is 0 Å². The number of aromatic nitrogens is 1. The largest absolute Gasteiger partial charge is 0.306 e. The number of hydrogen-bond donors (Lipinski definition) is 1. The summed E-state index contributed by atoms with van der Waals surface area (Å²) in [5.41, 5.74) is 4.91. The Morgan fingerprint density at radius 3 is 2.63 bits per heavy atom. The number of aryl methyl sites for hydroxylation is 2. The van der Waals surface area contributed by atoms with Crippen LogP contribution in [-0.2, 0) is 0 Å². The first-order valence-electron chi connectivity index (χ1n) is 6.53. The summed E-state index contributed by atoms with van der Waals surface area (Å²) >= 11 is 6.27. The number of nitrogens with one attached hydrogen (secondary N) is 1. The van der Waals surface area contributed by atoms with Crippen LogP contribution in [0.3, 0.4) is 0 Å². The highest BCUT2D eigenvalue weighted by Gasteiger charge is 2.16. The molecule has 1 aromatic carbocycles. The normalized spacial score (nSPS) is 12.4. The molecule has 1 aromatic heterocycles. The first-order valence-corrected chi connectivity index (χ1v) is 6.91. The monoisotopic (exact) mass is 274 g/mol. The molecule has 0 radical (unpaired) electrons. The number of pyridine rings is 1. The Balaban J connectivity index is 2.45. The van der Waals surface area contributed by atoms with Gasteiger partial charge >= 0.3 is 0 Å². The molecule has 3 heteroatoms. The van der Waals surface area contributed by atoms with Crippen LogP contribution < -0.4 is 5.32 Å². The zero-order valence-electron chi connectivity index (χ0n) is 11.6. The van der Waals surface area contributed by atoms with Gasteiger partial charge in [-0.15, -0.1) is 0 Å². The number of nitrogens with zero attached hydrogens (tertiary/aromatic N) is 1. The Bertz CT molecular complexity index is 566. The quantitative estimate of drug-likeness (QED) is 0.910. The molecule has 0 aliphatic heterocycles. The Kier molecular flexibility index (Phi) is 4.56. The van der Waals surface area contributed by atoms with E-state index in [-0.39, 0.29) is 6.04 Å². The molecular formula is C16H19ClN2. The molecule has 0 spiro atoms. The van der Waals surface area contributed by atoms with E-state index in [1.165, 1.54) is 16.7 Å². The molecule has 1 heterocycles. The maximum atomic E-state index is 6.27. The molecule has 0 fully saturated rings. The minimum Gasteiger partial charge on any atom is -0.306 e. The lowest BCUT2D eigenvalue weighted by Crippen LogP contribution is -2.22. The third-order valence-electron chi connectivity index (χ3n) is 3.39. The molecule has 19 heavy (non-hydrogen) atoms. The average Bonchev–Trinajstić information content (AvgIpc) is 2.40. The molecule has 100 valence electrons. The van der Waals surface area contributed by atoms with E-state index in [4.69, 9.17) is 11.6 Å². The molecule has 1 atom stereocenters. The van der Waals surface area contributed by atoms with Gasteiger partial charge in [-0.3, -0.25) is 4.98 Å². The summed E-state index contributed by atoms with van der Waals surface area (Å²) in [7, 11) is 0. The fourth-order valence-electron chi connectivity index (χ4n) is 2.18. The van der Waals surface area contributed by atoms with Crippen molar-refractivity contribution in [2.24, 2.45) is 0 Å². The van der Waals surface area contributed by atoms with Crippen molar-refractivity contribution < 1.29 is 0 Å². The lowest BCUT2D eigenvalue weighted by Gasteiger charge is -2.20. The number of rotatable bonds is 4. The summed E-state index contributed by atoms with van der Waals surface area (Å²) in [6.07, 6.45) is 3.48. The first-order chi connectivity index (χ1) is 9.13. The van der Waals surface area contributed by atoms with Crippen molar-refractivity contribution in [3.05, 3.63) is 63.9 Å². The van der Waals surface area contributed by atoms with E-state index >= 15 is 0 Å². The van der Waals surface area contributed by atoms with Crippen LogP contribution in [0.1, 0.15) is 35.2 Å². The van der Waals surface area contributed by atoms with Gasteiger partial charge < -0.3 is 5.32 Å². The summed E-state index contributed by atoms with van der Waals surface area (Å²) in [4.78, 5) is 4.05. The fraction of sp³-hybridized carbons (Fsp3) is 0.312. The van der Waals surface area contributed by atoms with Gasteiger partial charge in [0.25, 0.3) is 0 Å². The molecule has 0 aliphatic carbocycles. The van der Waals surface area contributed by atoms with Crippen LogP contribution in [0.25, 0.3) is 0 Å². The first kappa shape index (κ1) is 14.0. The van der Waals surface area contributed by atoms with E-state index in [1.807, 2.05) is 6.07 Å². The van der Waals surface area contributed by atoms with Crippen LogP contribution in [0.2, 0.25) is 5.02 Å². The standard InChI is InChI=1S/C16H19ClN2/c1-4-19-16(14-7-8-18-10-15(14)17)13-6-5-11(2)12(3)9-13/h5-10,16,19H,4H2,1-3H3. The lowest BCUT2D eigenvalue weighted by molar-refractivity contribution is 0.629. The van der Waals surface area contributed by atoms with Gasteiger partial charge in [0.15, 0.2) is 0 Å². The number of benzene rings is 1. The van der Waals surface area contributed by atoms with Crippen LogP contribution in [0.15, 0.2) is 36.7 Å². The van der Waals surface area contributed by atoms with Gasteiger partial charge in [0, 0.05) is 12.4 Å². The van der Waals surface area contributed by atoms with Crippen LogP contribution in [-0.4, -0.2) is 11.5 Å². The van der Waals surface area contributed by atoms with E-state index in [0.717, 1.165) is 12.1 Å². The van der Waals surface area contributed by atoms with Crippen LogP contribution >= 0.6 is 11.6 Å². The third kappa shape index (κ3) is 3.14. The van der Waals surface area contributed by atoms with Crippen LogP contribution in [0.5, 0.6) is 0 Å². The van der Waals surface area contributed by atoms with Crippen molar-refractivity contribution >= 4 is 11.6 Å². The highest BCUT2D eigenvalue weighted by atomic mass is 35.5. The molecule has 2 rings (SSSR count). The summed E-state index contributed by atoms with van der Waals surface area (Å²) in [6.45, 7) is 7.25. The number of hydrogen-bond acceptors (Lipinski definition) is 2. The van der Waals surface area contributed by atoms with Crippen LogP contribution in [0, 0.1) is 13.8 Å². The Hall–Kier alpha value is -1.38. The summed E-state index contributed by atoms with van der Waals surface area (Å²) < 4.78 is 0. The molecule has 2 nitrogen and oxygen atoms in total. The van der Waals surface area contributed by atoms with E-state index in [2.05, 4.69) is 49.3 Å². The highest BCUT2D eigenvalue weighted by molar-refractivity contribution is 6.31. The predicted octanol–water partition coefficient (Wildman–Crippen LogP) is 4.05. The van der Waals surface area contributed by atoms with Crippen molar-refractivity contribution in [3.8, 4) is 0 Å². The Morgan fingerprint density at radius 2 is 2.00 bits per heavy atom. The van der Waals surface area contributed by atoms with E-state index < -0.39 is 0 Å². The average molecular weight is 275 g/mol. The minimum atomic E-state index is 0.111. The molecule has 0 bridgehead atoms. The molecule has 2 aromatic rings. The maximum Gasteiger partial charge on any atom is 0.0640 e. The fourth-order valence-corrected chi connectivity index (χ4v) is 2.40. The molecule has 0 aliphatic rings. The van der Waals surface area contributed by atoms with Gasteiger partial charge in [0.05, 0.1) is 11.1 Å². The zero-order chi connectivity index (χ0) is 13.8. The number of halogens is 1. The van der Waals surface area contributed by atoms with Gasteiger partial charge in [-0.25, -0.2) is 0 Å². The minimum absolute atomic E-state index is 0.111. The molecule has 1 unspecified atom stereocenters. The lowest BCUT2D eigenvalue weighted by atomic mass is 9.96. The highest BCUT2D eigenvalue weighted by Crippen LogP contribution is 2.28. The Morgan fingerprint density at radius 1 is 1.21 bits per heavy atom. The Labute approximate surface area is 119 Å². The second kappa shape index (κ2) is 6.18. The second-order valence-electron chi connectivity index (χ2n) is 4.73. The van der Waals surface area contributed by atoms with Gasteiger partial charge in [0.1, 0.15) is 0 Å². The van der Waals surface area contributed by atoms with Crippen LogP contribution in [0.4, 0.5) is 0 Å². The van der Waals surface area contributed by atoms with E-state index in [0.29, 0.717) is 5.02 Å². The van der Waals surface area contributed by atoms with Crippen molar-refractivity contribution in [2.45, 2.75) is 26.8 Å². The summed E-state index contributed by atoms with van der Waals surface area (Å²) in [5.74, 6) is 0. The zero-order valence-corrected chi connectivity index (χ0v) is 12.3. The SMILES string of the molecule is CCNC(c1ccc(C)c(C)c1)c1ccncc1Cl. The molecule has 0 saturated carbocycles. The smallest absolute Gasteiger partial charge is 0.0640 e. The van der Waals surface area contributed by atoms with Gasteiger partial charge in [0.2, 0.25) is 0 Å². The summed E-state index contributed by atoms with van der Waals surface area (Å²) in [6, 6.07) is 8.63. The second-order valence-corrected chi connectivity index (χ2v) is 5.14. The van der Waals surface area contributed by atoms with E-state index in [9.17, 15) is 0 Å². The topological polar surface area (TPSA) is 24.9 Å². The van der Waals surface area contributed by atoms with Gasteiger partial charge in [-0.1, -0.05) is 36.7 Å². The van der Waals surface area contributed by atoms with Crippen molar-refractivity contribution in [1.29, 1.82) is 0 Å². The molecule has 0 saturated heterocycles. The van der Waals surface area contributed by atoms with Crippen molar-refractivity contribution in [2.75, 3.05) is 6.54 Å². The van der Waals surface area contributed by atoms with Crippen molar-refractivity contribution in [1.82, 2.24) is 10.3 Å². The molecule has 0 amide bonds. The van der Waals surface area contributed by atoms with E-state index in [1.54, 1.807) is 12.4 Å². The molecular weight excluding hydrogens is 256 g/mol. The maximum absolute atomic E-state index is 6.27. The molecule has 1 N–H and O–H groups in total. The predicted molar refractivity (Wildman–Crippen MR) is 80.7 cm³/mol. The third-order valence-corrected chi connectivity index (χ3v) is 3.70.